The third kappa shape index (κ3) is 3.17. The highest BCUT2D eigenvalue weighted by Crippen LogP contribution is 2.06. The van der Waals surface area contributed by atoms with Crippen LogP contribution in [0.3, 0.4) is 0 Å². The van der Waals surface area contributed by atoms with Crippen molar-refractivity contribution in [2.24, 2.45) is 0 Å². The number of terminal acetylenes is 1. The normalized spacial score (nSPS) is 9.60. The van der Waals surface area contributed by atoms with E-state index in [4.69, 9.17) is 6.42 Å². The van der Waals surface area contributed by atoms with E-state index in [2.05, 4.69) is 10.7 Å². The van der Waals surface area contributed by atoms with E-state index in [0.29, 0.717) is 5.69 Å². The lowest BCUT2D eigenvalue weighted by molar-refractivity contribution is 0.0588. The van der Waals surface area contributed by atoms with Crippen molar-refractivity contribution in [3.63, 3.8) is 0 Å². The maximum atomic E-state index is 11.3. The van der Waals surface area contributed by atoms with Gasteiger partial charge in [-0.15, -0.1) is 12.3 Å². The van der Waals surface area contributed by atoms with Crippen molar-refractivity contribution in [3.8, 4) is 12.3 Å². The average molecular weight is 205 g/mol. The van der Waals surface area contributed by atoms with Gasteiger partial charge in [0.2, 0.25) is 0 Å². The largest absolute Gasteiger partial charge is 0.464 e. The van der Waals surface area contributed by atoms with Crippen LogP contribution in [-0.4, -0.2) is 17.6 Å². The number of unbranched alkanes of at least 4 members (excludes halogenated alkanes) is 2. The molecule has 0 aromatic carbocycles. The Bertz CT molecular complexity index is 360. The Morgan fingerprint density at radius 1 is 1.60 bits per heavy atom. The van der Waals surface area contributed by atoms with Crippen LogP contribution in [0.2, 0.25) is 0 Å². The van der Waals surface area contributed by atoms with Crippen LogP contribution < -0.4 is 0 Å². The Labute approximate surface area is 90.0 Å². The lowest BCUT2D eigenvalue weighted by Gasteiger charge is -2.06. The lowest BCUT2D eigenvalue weighted by atomic mass is 10.2. The summed E-state index contributed by atoms with van der Waals surface area (Å²) in [6.45, 7) is 0.805. The smallest absolute Gasteiger partial charge is 0.354 e. The van der Waals surface area contributed by atoms with Gasteiger partial charge in [0, 0.05) is 19.2 Å². The number of carbonyl (C=O) groups is 1. The summed E-state index contributed by atoms with van der Waals surface area (Å²) in [7, 11) is 1.39. The average Bonchev–Trinajstić information content (AvgIpc) is 2.71. The predicted molar refractivity (Wildman–Crippen MR) is 58.5 cm³/mol. The molecule has 0 aliphatic rings. The van der Waals surface area contributed by atoms with Gasteiger partial charge in [0.15, 0.2) is 0 Å². The number of esters is 1. The fourth-order valence-electron chi connectivity index (χ4n) is 1.41. The highest BCUT2D eigenvalue weighted by molar-refractivity contribution is 5.87. The molecule has 1 aromatic heterocycles. The molecule has 0 N–H and O–H groups in total. The third-order valence-corrected chi connectivity index (χ3v) is 2.19. The van der Waals surface area contributed by atoms with Crippen LogP contribution >= 0.6 is 0 Å². The molecule has 15 heavy (non-hydrogen) atoms. The van der Waals surface area contributed by atoms with Gasteiger partial charge in [0.25, 0.3) is 0 Å². The number of ether oxygens (including phenoxy) is 1. The minimum atomic E-state index is -0.294. The monoisotopic (exact) mass is 205 g/mol. The van der Waals surface area contributed by atoms with Gasteiger partial charge in [-0.3, -0.25) is 0 Å². The van der Waals surface area contributed by atoms with Crippen molar-refractivity contribution in [2.45, 2.75) is 25.8 Å². The first kappa shape index (κ1) is 11.4. The molecule has 0 amide bonds. The Morgan fingerprint density at radius 3 is 3.07 bits per heavy atom. The number of hydrogen-bond acceptors (Lipinski definition) is 2. The van der Waals surface area contributed by atoms with E-state index < -0.39 is 0 Å². The van der Waals surface area contributed by atoms with Crippen LogP contribution in [0.25, 0.3) is 0 Å². The summed E-state index contributed by atoms with van der Waals surface area (Å²) in [5.74, 6) is 2.30. The molecule has 0 radical (unpaired) electrons. The molecule has 0 fully saturated rings. The first-order chi connectivity index (χ1) is 7.29. The van der Waals surface area contributed by atoms with Gasteiger partial charge in [-0.1, -0.05) is 0 Å². The minimum absolute atomic E-state index is 0.294. The van der Waals surface area contributed by atoms with Crippen LogP contribution in [0.15, 0.2) is 18.3 Å². The number of hydrogen-bond donors (Lipinski definition) is 0. The van der Waals surface area contributed by atoms with Crippen molar-refractivity contribution in [3.05, 3.63) is 24.0 Å². The Morgan fingerprint density at radius 2 is 2.40 bits per heavy atom. The van der Waals surface area contributed by atoms with Gasteiger partial charge in [0.05, 0.1) is 7.11 Å². The Balaban J connectivity index is 2.51. The fourth-order valence-corrected chi connectivity index (χ4v) is 1.41. The first-order valence-electron chi connectivity index (χ1n) is 4.96. The van der Waals surface area contributed by atoms with Crippen LogP contribution in [0.4, 0.5) is 0 Å². The molecule has 0 spiro atoms. The second kappa shape index (κ2) is 5.92. The van der Waals surface area contributed by atoms with Crippen LogP contribution in [-0.2, 0) is 11.3 Å². The quantitative estimate of drug-likeness (QED) is 0.418. The molecule has 80 valence electrons. The lowest BCUT2D eigenvalue weighted by Crippen LogP contribution is -2.10. The molecule has 3 nitrogen and oxygen atoms in total. The van der Waals surface area contributed by atoms with Gasteiger partial charge in [0.1, 0.15) is 5.69 Å². The molecule has 0 aliphatic carbocycles. The topological polar surface area (TPSA) is 31.2 Å². The maximum Gasteiger partial charge on any atom is 0.354 e. The zero-order valence-electron chi connectivity index (χ0n) is 8.90. The zero-order valence-corrected chi connectivity index (χ0v) is 8.90. The van der Waals surface area contributed by atoms with E-state index in [1.807, 2.05) is 16.8 Å². The van der Waals surface area contributed by atoms with E-state index in [9.17, 15) is 4.79 Å². The zero-order chi connectivity index (χ0) is 11.1. The maximum absolute atomic E-state index is 11.3. The number of methoxy groups -OCH3 is 1. The van der Waals surface area contributed by atoms with Crippen LogP contribution in [0, 0.1) is 12.3 Å². The predicted octanol–water partition coefficient (Wildman–Crippen LogP) is 2.08. The molecule has 1 heterocycles. The molecule has 0 atom stereocenters. The van der Waals surface area contributed by atoms with Crippen molar-refractivity contribution in [2.75, 3.05) is 7.11 Å². The van der Waals surface area contributed by atoms with E-state index >= 15 is 0 Å². The molecule has 0 saturated carbocycles. The van der Waals surface area contributed by atoms with E-state index in [-0.39, 0.29) is 5.97 Å². The molecule has 0 bridgehead atoms. The van der Waals surface area contributed by atoms with Crippen molar-refractivity contribution < 1.29 is 9.53 Å². The van der Waals surface area contributed by atoms with Crippen LogP contribution in [0.1, 0.15) is 29.8 Å². The molecular weight excluding hydrogens is 190 g/mol. The SMILES string of the molecule is C#CCCCCn1cccc1C(=O)OC. The van der Waals surface area contributed by atoms with E-state index in [1.165, 1.54) is 7.11 Å². The molecule has 0 unspecified atom stereocenters. The second-order valence-corrected chi connectivity index (χ2v) is 3.24. The summed E-state index contributed by atoms with van der Waals surface area (Å²) in [5.41, 5.74) is 0.596. The summed E-state index contributed by atoms with van der Waals surface area (Å²) >= 11 is 0. The second-order valence-electron chi connectivity index (χ2n) is 3.24. The summed E-state index contributed by atoms with van der Waals surface area (Å²) in [5, 5.41) is 0. The van der Waals surface area contributed by atoms with Gasteiger partial charge >= 0.3 is 5.97 Å². The van der Waals surface area contributed by atoms with Gasteiger partial charge in [-0.2, -0.15) is 0 Å². The van der Waals surface area contributed by atoms with E-state index in [1.54, 1.807) is 6.07 Å². The number of rotatable bonds is 5. The molecule has 0 aliphatic heterocycles. The van der Waals surface area contributed by atoms with Crippen LogP contribution in [0.5, 0.6) is 0 Å². The van der Waals surface area contributed by atoms with Gasteiger partial charge in [-0.25, -0.2) is 4.79 Å². The highest BCUT2D eigenvalue weighted by atomic mass is 16.5. The third-order valence-electron chi connectivity index (χ3n) is 2.19. The van der Waals surface area contributed by atoms with E-state index in [0.717, 1.165) is 25.8 Å². The van der Waals surface area contributed by atoms with Crippen molar-refractivity contribution in [1.29, 1.82) is 0 Å². The minimum Gasteiger partial charge on any atom is -0.464 e. The Hall–Kier alpha value is -1.69. The summed E-state index contributed by atoms with van der Waals surface area (Å²) < 4.78 is 6.56. The van der Waals surface area contributed by atoms with Crippen molar-refractivity contribution in [1.82, 2.24) is 4.57 Å². The molecule has 1 rings (SSSR count). The number of aryl methyl sites for hydroxylation is 1. The first-order valence-corrected chi connectivity index (χ1v) is 4.96. The highest BCUT2D eigenvalue weighted by Gasteiger charge is 2.09. The summed E-state index contributed by atoms with van der Waals surface area (Å²) in [6, 6.07) is 3.60. The van der Waals surface area contributed by atoms with Gasteiger partial charge < -0.3 is 9.30 Å². The summed E-state index contributed by atoms with van der Waals surface area (Å²) in [6.07, 6.45) is 9.78. The fraction of sp³-hybridized carbons (Fsp3) is 0.417. The molecular formula is C12H15NO2. The van der Waals surface area contributed by atoms with Crippen molar-refractivity contribution >= 4 is 5.97 Å². The number of aromatic nitrogens is 1. The number of nitrogens with zero attached hydrogens (tertiary/aromatic N) is 1. The summed E-state index contributed by atoms with van der Waals surface area (Å²) in [4.78, 5) is 11.3. The number of carbonyl (C=O) groups excluding carboxylic acids is 1. The Kier molecular flexibility index (Phi) is 4.49. The van der Waals surface area contributed by atoms with Gasteiger partial charge in [-0.05, 0) is 25.0 Å². The standard InChI is InChI=1S/C12H15NO2/c1-3-4-5-6-9-13-10-7-8-11(13)12(14)15-2/h1,7-8,10H,4-6,9H2,2H3. The molecule has 1 aromatic rings. The molecule has 3 heteroatoms. The molecule has 0 saturated heterocycles.